The van der Waals surface area contributed by atoms with E-state index in [9.17, 15) is 0 Å². The molecule has 0 spiro atoms. The first-order chi connectivity index (χ1) is 10.5. The van der Waals surface area contributed by atoms with E-state index in [1.54, 1.807) is 0 Å². The number of oxime groups is 1. The molecule has 2 nitrogen and oxygen atoms in total. The second-order valence-electron chi connectivity index (χ2n) is 8.35. The molecule has 0 aliphatic heterocycles. The van der Waals surface area contributed by atoms with Crippen molar-refractivity contribution in [2.45, 2.75) is 98.3 Å². The Bertz CT molecular complexity index is 366. The van der Waals surface area contributed by atoms with Crippen molar-refractivity contribution in [1.29, 1.82) is 0 Å². The van der Waals surface area contributed by atoms with Crippen LogP contribution >= 0.6 is 0 Å². The molecule has 2 fully saturated rings. The third-order valence-corrected chi connectivity index (χ3v) is 6.61. The van der Waals surface area contributed by atoms with Crippen LogP contribution in [0.4, 0.5) is 0 Å². The quantitative estimate of drug-likeness (QED) is 0.337. The summed E-state index contributed by atoms with van der Waals surface area (Å²) >= 11 is 0. The molecule has 2 saturated carbocycles. The highest BCUT2D eigenvalue weighted by molar-refractivity contribution is 5.90. The van der Waals surface area contributed by atoms with Gasteiger partial charge in [-0.2, -0.15) is 0 Å². The topological polar surface area (TPSA) is 21.6 Å². The fraction of sp³-hybridized carbons (Fsp3) is 0.950. The van der Waals surface area contributed by atoms with Crippen LogP contribution in [-0.4, -0.2) is 12.3 Å². The van der Waals surface area contributed by atoms with Gasteiger partial charge in [0.1, 0.15) is 6.61 Å². The molecule has 0 bridgehead atoms. The number of hydrogen-bond acceptors (Lipinski definition) is 2. The van der Waals surface area contributed by atoms with E-state index in [2.05, 4.69) is 27.7 Å². The van der Waals surface area contributed by atoms with Gasteiger partial charge in [-0.25, -0.2) is 0 Å². The van der Waals surface area contributed by atoms with Gasteiger partial charge in [-0.3, -0.25) is 0 Å². The molecule has 128 valence electrons. The summed E-state index contributed by atoms with van der Waals surface area (Å²) in [6.07, 6.45) is 14.5. The van der Waals surface area contributed by atoms with Gasteiger partial charge in [-0.15, -0.1) is 0 Å². The van der Waals surface area contributed by atoms with Crippen LogP contribution in [0.15, 0.2) is 5.16 Å². The maximum Gasteiger partial charge on any atom is 0.116 e. The molecule has 0 aromatic rings. The van der Waals surface area contributed by atoms with Crippen molar-refractivity contribution in [2.24, 2.45) is 21.9 Å². The Morgan fingerprint density at radius 2 is 1.68 bits per heavy atom. The van der Waals surface area contributed by atoms with E-state index in [0.717, 1.165) is 25.4 Å². The zero-order valence-electron chi connectivity index (χ0n) is 15.4. The standard InChI is InChI=1S/C20H37NO/c1-5-16-22-21-18-14-10-11-15-19(2,3)20(18,4)17-12-8-6-7-9-13-17/h17H,5-16H2,1-4H3. The van der Waals surface area contributed by atoms with Crippen molar-refractivity contribution >= 4 is 5.71 Å². The maximum absolute atomic E-state index is 5.68. The highest BCUT2D eigenvalue weighted by Gasteiger charge is 2.50. The van der Waals surface area contributed by atoms with Crippen LogP contribution in [0.5, 0.6) is 0 Å². The molecule has 0 saturated heterocycles. The molecule has 1 unspecified atom stereocenters. The van der Waals surface area contributed by atoms with Crippen LogP contribution in [0, 0.1) is 16.7 Å². The maximum atomic E-state index is 5.68. The summed E-state index contributed by atoms with van der Waals surface area (Å²) in [6.45, 7) is 10.4. The summed E-state index contributed by atoms with van der Waals surface area (Å²) in [5.41, 5.74) is 1.91. The monoisotopic (exact) mass is 307 g/mol. The van der Waals surface area contributed by atoms with Crippen molar-refractivity contribution in [3.05, 3.63) is 0 Å². The second kappa shape index (κ2) is 7.84. The third-order valence-electron chi connectivity index (χ3n) is 6.61. The molecule has 2 heteroatoms. The van der Waals surface area contributed by atoms with Crippen molar-refractivity contribution in [2.75, 3.05) is 6.61 Å². The Morgan fingerprint density at radius 1 is 1.00 bits per heavy atom. The van der Waals surface area contributed by atoms with E-state index in [-0.39, 0.29) is 5.41 Å². The summed E-state index contributed by atoms with van der Waals surface area (Å²) in [4.78, 5) is 5.68. The van der Waals surface area contributed by atoms with Crippen LogP contribution in [0.25, 0.3) is 0 Å². The minimum Gasteiger partial charge on any atom is -0.396 e. The van der Waals surface area contributed by atoms with Crippen LogP contribution in [-0.2, 0) is 4.84 Å². The second-order valence-corrected chi connectivity index (χ2v) is 8.35. The van der Waals surface area contributed by atoms with Crippen LogP contribution in [0.2, 0.25) is 0 Å². The Labute approximate surface area is 138 Å². The average molecular weight is 308 g/mol. The van der Waals surface area contributed by atoms with Crippen molar-refractivity contribution in [3.8, 4) is 0 Å². The predicted octanol–water partition coefficient (Wildman–Crippen LogP) is 6.35. The zero-order valence-corrected chi connectivity index (χ0v) is 15.4. The molecule has 0 heterocycles. The molecule has 2 rings (SSSR count). The van der Waals surface area contributed by atoms with Gasteiger partial charge in [0.2, 0.25) is 0 Å². The first-order valence-corrected chi connectivity index (χ1v) is 9.71. The lowest BCUT2D eigenvalue weighted by Gasteiger charge is -2.49. The molecule has 22 heavy (non-hydrogen) atoms. The third kappa shape index (κ3) is 3.68. The van der Waals surface area contributed by atoms with Gasteiger partial charge < -0.3 is 4.84 Å². The fourth-order valence-electron chi connectivity index (χ4n) is 4.77. The first-order valence-electron chi connectivity index (χ1n) is 9.71. The van der Waals surface area contributed by atoms with E-state index >= 15 is 0 Å². The smallest absolute Gasteiger partial charge is 0.116 e. The van der Waals surface area contributed by atoms with E-state index < -0.39 is 0 Å². The lowest BCUT2D eigenvalue weighted by Crippen LogP contribution is -2.47. The summed E-state index contributed by atoms with van der Waals surface area (Å²) < 4.78 is 0. The van der Waals surface area contributed by atoms with Crippen LogP contribution < -0.4 is 0 Å². The normalized spacial score (nSPS) is 32.5. The van der Waals surface area contributed by atoms with Gasteiger partial charge in [0.15, 0.2) is 0 Å². The van der Waals surface area contributed by atoms with E-state index in [4.69, 9.17) is 9.99 Å². The molecule has 1 atom stereocenters. The molecule has 2 aliphatic carbocycles. The van der Waals surface area contributed by atoms with Gasteiger partial charge in [0.05, 0.1) is 5.71 Å². The van der Waals surface area contributed by atoms with Crippen molar-refractivity contribution < 1.29 is 4.84 Å². The van der Waals surface area contributed by atoms with Gasteiger partial charge in [-0.1, -0.05) is 65.0 Å². The van der Waals surface area contributed by atoms with Gasteiger partial charge >= 0.3 is 0 Å². The molecule has 2 aliphatic rings. The molecule has 0 aromatic heterocycles. The zero-order chi connectivity index (χ0) is 16.1. The number of rotatable bonds is 4. The fourth-order valence-corrected chi connectivity index (χ4v) is 4.77. The van der Waals surface area contributed by atoms with Gasteiger partial charge in [0.25, 0.3) is 0 Å². The molecule has 0 aromatic carbocycles. The Morgan fingerprint density at radius 3 is 2.32 bits per heavy atom. The van der Waals surface area contributed by atoms with E-state index in [1.807, 2.05) is 0 Å². The van der Waals surface area contributed by atoms with Crippen LogP contribution in [0.3, 0.4) is 0 Å². The SMILES string of the molecule is CCCON=C1CCCCC(C)(C)C1(C)C1CCCCCC1. The largest absolute Gasteiger partial charge is 0.396 e. The molecule has 0 N–H and O–H groups in total. The molecule has 0 amide bonds. The van der Waals surface area contributed by atoms with Crippen LogP contribution in [0.1, 0.15) is 98.3 Å². The Hall–Kier alpha value is -0.530. The summed E-state index contributed by atoms with van der Waals surface area (Å²) in [5, 5.41) is 4.70. The molecular weight excluding hydrogens is 270 g/mol. The lowest BCUT2D eigenvalue weighted by atomic mass is 9.55. The first kappa shape index (κ1) is 17.8. The minimum absolute atomic E-state index is 0.210. The lowest BCUT2D eigenvalue weighted by molar-refractivity contribution is 0.0652. The minimum atomic E-state index is 0.210. The Kier molecular flexibility index (Phi) is 6.35. The molecule has 0 radical (unpaired) electrons. The highest BCUT2D eigenvalue weighted by Crippen LogP contribution is 2.55. The van der Waals surface area contributed by atoms with Crippen molar-refractivity contribution in [3.63, 3.8) is 0 Å². The number of nitrogens with zero attached hydrogens (tertiary/aromatic N) is 1. The number of hydrogen-bond donors (Lipinski definition) is 0. The molecular formula is C20H37NO. The van der Waals surface area contributed by atoms with E-state index in [0.29, 0.717) is 5.41 Å². The summed E-state index contributed by atoms with van der Waals surface area (Å²) in [5.74, 6) is 0.784. The van der Waals surface area contributed by atoms with Gasteiger partial charge in [0, 0.05) is 5.41 Å². The van der Waals surface area contributed by atoms with E-state index in [1.165, 1.54) is 63.5 Å². The van der Waals surface area contributed by atoms with Gasteiger partial charge in [-0.05, 0) is 49.9 Å². The van der Waals surface area contributed by atoms with Crippen molar-refractivity contribution in [1.82, 2.24) is 0 Å². The predicted molar refractivity (Wildman–Crippen MR) is 95.2 cm³/mol. The summed E-state index contributed by atoms with van der Waals surface area (Å²) in [6, 6.07) is 0. The Balaban J connectivity index is 2.32. The highest BCUT2D eigenvalue weighted by atomic mass is 16.6. The summed E-state index contributed by atoms with van der Waals surface area (Å²) in [7, 11) is 0. The average Bonchev–Trinajstić information content (AvgIpc) is 2.82.